The third-order valence-electron chi connectivity index (χ3n) is 4.00. The molecule has 1 rings (SSSR count). The molecule has 0 radical (unpaired) electrons. The van der Waals surface area contributed by atoms with Crippen LogP contribution in [-0.2, 0) is 4.79 Å². The fraction of sp³-hybridized carbons (Fsp3) is 0.533. The van der Waals surface area contributed by atoms with E-state index in [1.54, 1.807) is 0 Å². The summed E-state index contributed by atoms with van der Waals surface area (Å²) in [5, 5.41) is 24.7. The number of benzene rings is 1. The minimum absolute atomic E-state index is 0.0452. The number of primary amides is 1. The van der Waals surface area contributed by atoms with Gasteiger partial charge in [0, 0.05) is 25.1 Å². The lowest BCUT2D eigenvalue weighted by Gasteiger charge is -2.21. The van der Waals surface area contributed by atoms with Crippen molar-refractivity contribution in [2.45, 2.75) is 38.6 Å². The first-order valence-electron chi connectivity index (χ1n) is 7.96. The van der Waals surface area contributed by atoms with Crippen LogP contribution in [0, 0.1) is 26.1 Å². The van der Waals surface area contributed by atoms with E-state index in [-0.39, 0.29) is 35.4 Å². The molecule has 0 aliphatic carbocycles. The van der Waals surface area contributed by atoms with Crippen molar-refractivity contribution in [2.75, 3.05) is 11.9 Å². The highest BCUT2D eigenvalue weighted by Gasteiger charge is 2.20. The van der Waals surface area contributed by atoms with Crippen LogP contribution >= 0.6 is 0 Å². The number of hydrogen-bond acceptors (Lipinski definition) is 7. The van der Waals surface area contributed by atoms with E-state index >= 15 is 0 Å². The van der Waals surface area contributed by atoms with Crippen LogP contribution in [0.4, 0.5) is 17.1 Å². The molecule has 0 fully saturated rings. The second-order valence-corrected chi connectivity index (χ2v) is 5.79. The number of amides is 1. The van der Waals surface area contributed by atoms with E-state index in [4.69, 9.17) is 11.5 Å². The van der Waals surface area contributed by atoms with Gasteiger partial charge in [-0.3, -0.25) is 25.0 Å². The Balaban J connectivity index is 2.67. The topological polar surface area (TPSA) is 167 Å². The molecule has 5 N–H and O–H groups in total. The minimum Gasteiger partial charge on any atom is -0.379 e. The number of nitro groups is 2. The van der Waals surface area contributed by atoms with Crippen molar-refractivity contribution in [3.63, 3.8) is 0 Å². The highest BCUT2D eigenvalue weighted by Crippen LogP contribution is 2.29. The van der Waals surface area contributed by atoms with Crippen LogP contribution in [0.1, 0.15) is 32.6 Å². The van der Waals surface area contributed by atoms with E-state index in [1.807, 2.05) is 6.92 Å². The molecule has 138 valence electrons. The smallest absolute Gasteiger partial charge is 0.299 e. The second-order valence-electron chi connectivity index (χ2n) is 5.79. The Hall–Kier alpha value is -2.75. The summed E-state index contributed by atoms with van der Waals surface area (Å²) >= 11 is 0. The number of non-ortho nitro benzene ring substituents is 1. The van der Waals surface area contributed by atoms with E-state index in [0.717, 1.165) is 12.5 Å². The maximum Gasteiger partial charge on any atom is 0.299 e. The first-order valence-corrected chi connectivity index (χ1v) is 7.96. The van der Waals surface area contributed by atoms with Crippen LogP contribution in [-0.4, -0.2) is 28.3 Å². The number of anilines is 1. The van der Waals surface area contributed by atoms with Crippen molar-refractivity contribution in [1.29, 1.82) is 0 Å². The van der Waals surface area contributed by atoms with Crippen LogP contribution in [0.15, 0.2) is 18.2 Å². The van der Waals surface area contributed by atoms with Gasteiger partial charge in [0.05, 0.1) is 15.9 Å². The van der Waals surface area contributed by atoms with Crippen molar-refractivity contribution < 1.29 is 14.6 Å². The van der Waals surface area contributed by atoms with E-state index in [0.29, 0.717) is 19.4 Å². The predicted molar refractivity (Wildman–Crippen MR) is 93.0 cm³/mol. The normalized spacial score (nSPS) is 13.0. The quantitative estimate of drug-likeness (QED) is 0.310. The van der Waals surface area contributed by atoms with Crippen LogP contribution in [0.2, 0.25) is 0 Å². The van der Waals surface area contributed by atoms with Gasteiger partial charge in [0.2, 0.25) is 5.91 Å². The summed E-state index contributed by atoms with van der Waals surface area (Å²) in [5.41, 5.74) is 10.7. The average Bonchev–Trinajstić information content (AvgIpc) is 2.56. The molecule has 0 bridgehead atoms. The molecule has 1 aromatic rings. The molecule has 2 atom stereocenters. The number of rotatable bonds is 11. The molecular weight excluding hydrogens is 330 g/mol. The minimum atomic E-state index is -0.683. The van der Waals surface area contributed by atoms with Crippen molar-refractivity contribution in [2.24, 2.45) is 17.4 Å². The first-order chi connectivity index (χ1) is 11.8. The number of nitro benzene ring substituents is 2. The lowest BCUT2D eigenvalue weighted by Crippen LogP contribution is -2.33. The summed E-state index contributed by atoms with van der Waals surface area (Å²) in [4.78, 5) is 31.5. The van der Waals surface area contributed by atoms with E-state index < -0.39 is 15.8 Å². The Labute approximate surface area is 144 Å². The van der Waals surface area contributed by atoms with Gasteiger partial charge in [-0.25, -0.2) is 0 Å². The highest BCUT2D eigenvalue weighted by molar-refractivity contribution is 5.74. The molecular formula is C15H23N5O5. The van der Waals surface area contributed by atoms with Gasteiger partial charge in [0.25, 0.3) is 11.4 Å². The third-order valence-corrected chi connectivity index (χ3v) is 4.00. The SMILES string of the molecule is CCC(N)C(CCCNc1ccc([N+](=O)[O-])cc1[N+](=O)[O-])CC(N)=O. The molecule has 1 aromatic carbocycles. The third kappa shape index (κ3) is 6.34. The lowest BCUT2D eigenvalue weighted by molar-refractivity contribution is -0.393. The van der Waals surface area contributed by atoms with Gasteiger partial charge in [-0.15, -0.1) is 0 Å². The van der Waals surface area contributed by atoms with Gasteiger partial charge in [-0.2, -0.15) is 0 Å². The molecule has 0 aromatic heterocycles. The summed E-state index contributed by atoms with van der Waals surface area (Å²) in [7, 11) is 0. The number of nitrogens with two attached hydrogens (primary N) is 2. The van der Waals surface area contributed by atoms with Crippen molar-refractivity contribution in [1.82, 2.24) is 0 Å². The standard InChI is InChI=1S/C15H23N5O5/c1-2-12(16)10(8-15(17)21)4-3-7-18-13-6-5-11(19(22)23)9-14(13)20(24)25/h5-6,9-10,12,18H,2-4,7-8,16H2,1H3,(H2,17,21). The summed E-state index contributed by atoms with van der Waals surface area (Å²) in [6, 6.07) is 3.31. The Bertz CT molecular complexity index is 637. The number of nitrogens with zero attached hydrogens (tertiary/aromatic N) is 2. The Morgan fingerprint density at radius 2 is 1.96 bits per heavy atom. The Morgan fingerprint density at radius 1 is 1.28 bits per heavy atom. The van der Waals surface area contributed by atoms with Crippen molar-refractivity contribution in [3.8, 4) is 0 Å². The molecule has 0 aliphatic rings. The molecule has 25 heavy (non-hydrogen) atoms. The van der Waals surface area contributed by atoms with Gasteiger partial charge in [0.1, 0.15) is 5.69 Å². The molecule has 0 heterocycles. The molecule has 0 spiro atoms. The fourth-order valence-electron chi connectivity index (χ4n) is 2.58. The summed E-state index contributed by atoms with van der Waals surface area (Å²) in [6.07, 6.45) is 2.19. The first kappa shape index (κ1) is 20.3. The lowest BCUT2D eigenvalue weighted by atomic mass is 9.90. The number of carbonyl (C=O) groups excluding carboxylic acids is 1. The van der Waals surface area contributed by atoms with E-state index in [1.165, 1.54) is 12.1 Å². The van der Waals surface area contributed by atoms with Gasteiger partial charge in [-0.1, -0.05) is 6.92 Å². The van der Waals surface area contributed by atoms with Crippen LogP contribution < -0.4 is 16.8 Å². The average molecular weight is 353 g/mol. The van der Waals surface area contributed by atoms with Gasteiger partial charge >= 0.3 is 0 Å². The molecule has 0 saturated carbocycles. The number of carbonyl (C=O) groups is 1. The highest BCUT2D eigenvalue weighted by atomic mass is 16.6. The number of hydrogen-bond donors (Lipinski definition) is 3. The predicted octanol–water partition coefficient (Wildman–Crippen LogP) is 1.92. The van der Waals surface area contributed by atoms with Crippen molar-refractivity contribution >= 4 is 23.0 Å². The monoisotopic (exact) mass is 353 g/mol. The molecule has 0 aliphatic heterocycles. The largest absolute Gasteiger partial charge is 0.379 e. The maximum atomic E-state index is 11.1. The molecule has 2 unspecified atom stereocenters. The molecule has 10 nitrogen and oxygen atoms in total. The van der Waals surface area contributed by atoms with Gasteiger partial charge in [0.15, 0.2) is 0 Å². The summed E-state index contributed by atoms with van der Waals surface area (Å²) in [6.45, 7) is 2.33. The zero-order chi connectivity index (χ0) is 19.0. The summed E-state index contributed by atoms with van der Waals surface area (Å²) < 4.78 is 0. The van der Waals surface area contributed by atoms with Gasteiger partial charge in [-0.05, 0) is 31.2 Å². The van der Waals surface area contributed by atoms with Gasteiger partial charge < -0.3 is 16.8 Å². The van der Waals surface area contributed by atoms with E-state index in [2.05, 4.69) is 5.32 Å². The second kappa shape index (κ2) is 9.52. The number of nitrogens with one attached hydrogen (secondary N) is 1. The fourth-order valence-corrected chi connectivity index (χ4v) is 2.58. The summed E-state index contributed by atoms with van der Waals surface area (Å²) in [5.74, 6) is -0.455. The Kier molecular flexibility index (Phi) is 7.73. The zero-order valence-electron chi connectivity index (χ0n) is 14.0. The maximum absolute atomic E-state index is 11.1. The zero-order valence-corrected chi connectivity index (χ0v) is 14.0. The van der Waals surface area contributed by atoms with Crippen LogP contribution in [0.5, 0.6) is 0 Å². The molecule has 10 heteroatoms. The van der Waals surface area contributed by atoms with Crippen LogP contribution in [0.3, 0.4) is 0 Å². The Morgan fingerprint density at radius 3 is 2.48 bits per heavy atom. The molecule has 0 saturated heterocycles. The van der Waals surface area contributed by atoms with E-state index in [9.17, 15) is 25.0 Å². The molecule has 1 amide bonds. The van der Waals surface area contributed by atoms with Crippen molar-refractivity contribution in [3.05, 3.63) is 38.4 Å². The van der Waals surface area contributed by atoms with Crippen LogP contribution in [0.25, 0.3) is 0 Å².